The van der Waals surface area contributed by atoms with Gasteiger partial charge in [0.15, 0.2) is 0 Å². The highest BCUT2D eigenvalue weighted by Gasteiger charge is 2.71. The van der Waals surface area contributed by atoms with E-state index in [-0.39, 0.29) is 5.41 Å². The zero-order valence-corrected chi connectivity index (χ0v) is 9.91. The minimum absolute atomic E-state index is 0.307. The monoisotopic (exact) mass is 220 g/mol. The van der Waals surface area contributed by atoms with Crippen LogP contribution >= 0.6 is 0 Å². The minimum Gasteiger partial charge on any atom is -0.389 e. The molecule has 4 rings (SSSR count). The number of ketones is 1. The predicted octanol–water partition coefficient (Wildman–Crippen LogP) is 2.15. The van der Waals surface area contributed by atoms with Gasteiger partial charge in [0, 0.05) is 6.42 Å². The van der Waals surface area contributed by atoms with Crippen molar-refractivity contribution >= 4 is 5.78 Å². The standard InChI is InChI=1S/C14H20O2/c1-13(16)12-9-3-2-8(6-9)10(12)7-11(15)14(13)4-5-14/h8-10,12,16H,2-7H2,1H3/t8-,9+,10+,12-,13-/m0/s1. The molecule has 0 aromatic carbocycles. The summed E-state index contributed by atoms with van der Waals surface area (Å²) in [5.74, 6) is 2.81. The SMILES string of the molecule is C[C@]1(O)[C@H]2[C@@H]3CC[C@@H](C3)[C@H]2CC(=O)C12CC2. The summed E-state index contributed by atoms with van der Waals surface area (Å²) in [4.78, 5) is 12.3. The van der Waals surface area contributed by atoms with Gasteiger partial charge in [0.2, 0.25) is 0 Å². The fourth-order valence-corrected chi connectivity index (χ4v) is 5.50. The lowest BCUT2D eigenvalue weighted by molar-refractivity contribution is -0.162. The molecule has 16 heavy (non-hydrogen) atoms. The quantitative estimate of drug-likeness (QED) is 0.679. The van der Waals surface area contributed by atoms with Crippen LogP contribution in [0.25, 0.3) is 0 Å². The average molecular weight is 220 g/mol. The third-order valence-corrected chi connectivity index (χ3v) is 6.41. The molecular formula is C14H20O2. The van der Waals surface area contributed by atoms with E-state index < -0.39 is 5.60 Å². The molecule has 2 nitrogen and oxygen atoms in total. The smallest absolute Gasteiger partial charge is 0.142 e. The van der Waals surface area contributed by atoms with Gasteiger partial charge in [-0.3, -0.25) is 4.79 Å². The van der Waals surface area contributed by atoms with E-state index in [0.717, 1.165) is 31.1 Å². The Balaban J connectivity index is 1.79. The molecule has 88 valence electrons. The van der Waals surface area contributed by atoms with E-state index in [0.29, 0.717) is 17.6 Å². The summed E-state index contributed by atoms with van der Waals surface area (Å²) in [5, 5.41) is 10.9. The van der Waals surface area contributed by atoms with E-state index in [2.05, 4.69) is 0 Å². The maximum atomic E-state index is 12.3. The molecule has 0 aliphatic heterocycles. The maximum Gasteiger partial charge on any atom is 0.142 e. The first-order chi connectivity index (χ1) is 7.56. The van der Waals surface area contributed by atoms with Crippen LogP contribution in [0.3, 0.4) is 0 Å². The molecule has 1 N–H and O–H groups in total. The Morgan fingerprint density at radius 3 is 2.62 bits per heavy atom. The molecule has 0 unspecified atom stereocenters. The Morgan fingerprint density at radius 1 is 1.25 bits per heavy atom. The number of hydrogen-bond acceptors (Lipinski definition) is 2. The molecule has 0 amide bonds. The lowest BCUT2D eigenvalue weighted by Crippen LogP contribution is -2.56. The molecule has 2 bridgehead atoms. The van der Waals surface area contributed by atoms with Crippen LogP contribution in [0.5, 0.6) is 0 Å². The number of aliphatic hydroxyl groups is 1. The Morgan fingerprint density at radius 2 is 1.94 bits per heavy atom. The van der Waals surface area contributed by atoms with Gasteiger partial charge in [0.25, 0.3) is 0 Å². The predicted molar refractivity (Wildman–Crippen MR) is 59.7 cm³/mol. The van der Waals surface area contributed by atoms with Crippen molar-refractivity contribution in [3.63, 3.8) is 0 Å². The largest absolute Gasteiger partial charge is 0.389 e. The molecule has 0 radical (unpaired) electrons. The third kappa shape index (κ3) is 0.848. The van der Waals surface area contributed by atoms with Crippen LogP contribution in [0, 0.1) is 29.1 Å². The van der Waals surface area contributed by atoms with Gasteiger partial charge >= 0.3 is 0 Å². The van der Waals surface area contributed by atoms with Crippen LogP contribution in [0.4, 0.5) is 0 Å². The van der Waals surface area contributed by atoms with E-state index in [1.54, 1.807) is 0 Å². The van der Waals surface area contributed by atoms with Crippen molar-refractivity contribution in [2.45, 2.75) is 51.0 Å². The highest BCUT2D eigenvalue weighted by molar-refractivity contribution is 5.90. The third-order valence-electron chi connectivity index (χ3n) is 6.41. The fraction of sp³-hybridized carbons (Fsp3) is 0.929. The molecular weight excluding hydrogens is 200 g/mol. The first-order valence-electron chi connectivity index (χ1n) is 6.82. The highest BCUT2D eigenvalue weighted by Crippen LogP contribution is 2.69. The molecule has 4 aliphatic rings. The normalized spacial score (nSPS) is 56.8. The molecule has 2 heteroatoms. The number of Topliss-reactive ketones (excluding diaryl/α,β-unsaturated/α-hetero) is 1. The second-order valence-electron chi connectivity index (χ2n) is 6.88. The molecule has 1 spiro atoms. The molecule has 0 heterocycles. The van der Waals surface area contributed by atoms with Crippen molar-refractivity contribution in [1.82, 2.24) is 0 Å². The Kier molecular flexibility index (Phi) is 1.54. The number of hydrogen-bond donors (Lipinski definition) is 1. The molecule has 0 aromatic rings. The number of carbonyl (C=O) groups excluding carboxylic acids is 1. The maximum absolute atomic E-state index is 12.3. The highest BCUT2D eigenvalue weighted by atomic mass is 16.3. The van der Waals surface area contributed by atoms with Crippen molar-refractivity contribution in [2.24, 2.45) is 29.1 Å². The van der Waals surface area contributed by atoms with Gasteiger partial charge in [-0.1, -0.05) is 0 Å². The zero-order chi connectivity index (χ0) is 11.1. The number of carbonyl (C=O) groups is 1. The average Bonchev–Trinajstić information content (AvgIpc) is 2.81. The minimum atomic E-state index is -0.688. The van der Waals surface area contributed by atoms with Crippen molar-refractivity contribution in [2.75, 3.05) is 0 Å². The van der Waals surface area contributed by atoms with E-state index in [1.165, 1.54) is 19.3 Å². The first-order valence-corrected chi connectivity index (χ1v) is 6.82. The van der Waals surface area contributed by atoms with Gasteiger partial charge in [-0.15, -0.1) is 0 Å². The summed E-state index contributed by atoms with van der Waals surface area (Å²) in [6.45, 7) is 1.97. The van der Waals surface area contributed by atoms with Gasteiger partial charge in [0.05, 0.1) is 11.0 Å². The first kappa shape index (κ1) is 9.64. The van der Waals surface area contributed by atoms with Crippen LogP contribution in [-0.2, 0) is 4.79 Å². The topological polar surface area (TPSA) is 37.3 Å². The van der Waals surface area contributed by atoms with Crippen molar-refractivity contribution < 1.29 is 9.90 Å². The Labute approximate surface area is 96.4 Å². The summed E-state index contributed by atoms with van der Waals surface area (Å²) in [6, 6.07) is 0. The molecule has 0 saturated heterocycles. The van der Waals surface area contributed by atoms with E-state index in [9.17, 15) is 9.90 Å². The second kappa shape index (κ2) is 2.55. The van der Waals surface area contributed by atoms with Crippen molar-refractivity contribution in [3.8, 4) is 0 Å². The fourth-order valence-electron chi connectivity index (χ4n) is 5.50. The van der Waals surface area contributed by atoms with Gasteiger partial charge in [-0.05, 0) is 62.7 Å². The van der Waals surface area contributed by atoms with Gasteiger partial charge < -0.3 is 5.11 Å². The van der Waals surface area contributed by atoms with Crippen molar-refractivity contribution in [1.29, 1.82) is 0 Å². The van der Waals surface area contributed by atoms with E-state index in [1.807, 2.05) is 6.92 Å². The lowest BCUT2D eigenvalue weighted by Gasteiger charge is -2.49. The molecule has 4 saturated carbocycles. The van der Waals surface area contributed by atoms with E-state index in [4.69, 9.17) is 0 Å². The number of fused-ring (bicyclic) bond motifs is 5. The van der Waals surface area contributed by atoms with Gasteiger partial charge in [-0.2, -0.15) is 0 Å². The van der Waals surface area contributed by atoms with Crippen molar-refractivity contribution in [3.05, 3.63) is 0 Å². The Hall–Kier alpha value is -0.370. The zero-order valence-electron chi connectivity index (χ0n) is 9.91. The van der Waals surface area contributed by atoms with Crippen LogP contribution in [0.15, 0.2) is 0 Å². The lowest BCUT2D eigenvalue weighted by atomic mass is 9.57. The Bertz CT molecular complexity index is 367. The molecule has 4 fully saturated rings. The second-order valence-corrected chi connectivity index (χ2v) is 6.88. The van der Waals surface area contributed by atoms with Gasteiger partial charge in [0.1, 0.15) is 5.78 Å². The molecule has 5 atom stereocenters. The molecule has 4 aliphatic carbocycles. The van der Waals surface area contributed by atoms with Crippen LogP contribution in [0.1, 0.15) is 45.4 Å². The summed E-state index contributed by atoms with van der Waals surface area (Å²) in [5.41, 5.74) is -0.995. The molecule has 0 aromatic heterocycles. The number of rotatable bonds is 0. The summed E-state index contributed by atoms with van der Waals surface area (Å²) in [7, 11) is 0. The summed E-state index contributed by atoms with van der Waals surface area (Å²) < 4.78 is 0. The van der Waals surface area contributed by atoms with Crippen LogP contribution < -0.4 is 0 Å². The summed E-state index contributed by atoms with van der Waals surface area (Å²) >= 11 is 0. The van der Waals surface area contributed by atoms with Gasteiger partial charge in [-0.25, -0.2) is 0 Å². The van der Waals surface area contributed by atoms with Crippen LogP contribution in [-0.4, -0.2) is 16.5 Å². The van der Waals surface area contributed by atoms with Crippen LogP contribution in [0.2, 0.25) is 0 Å². The summed E-state index contributed by atoms with van der Waals surface area (Å²) in [6.07, 6.45) is 6.56. The van der Waals surface area contributed by atoms with E-state index >= 15 is 0 Å².